The lowest BCUT2D eigenvalue weighted by atomic mass is 9.84. The van der Waals surface area contributed by atoms with Crippen LogP contribution >= 0.6 is 0 Å². The van der Waals surface area contributed by atoms with E-state index in [1.165, 1.54) is 12.8 Å². The maximum atomic E-state index is 13.0. The lowest BCUT2D eigenvalue weighted by molar-refractivity contribution is -0.143. The molecule has 5 unspecified atom stereocenters. The molecular formula is C25H44N4O3. The van der Waals surface area contributed by atoms with Gasteiger partial charge in [-0.25, -0.2) is 0 Å². The molecular weight excluding hydrogens is 404 g/mol. The predicted molar refractivity (Wildman–Crippen MR) is 125 cm³/mol. The number of ether oxygens (including phenoxy) is 1. The standard InChI is InChI=1S/C25H44N4O3/c1-32-23-8-3-2-7-20(23)25(31)29-14-10-18(11-15-29)6-4-5-12-27-24(30)22-16-19-17-26-13-9-21(19)28-22/h18-23,26,28H,2-17H2,1H3,(H,27,30). The molecule has 0 radical (unpaired) electrons. The number of amides is 2. The number of likely N-dealkylation sites (tertiary alicyclic amines) is 1. The molecule has 4 fully saturated rings. The van der Waals surface area contributed by atoms with Crippen LogP contribution in [0.4, 0.5) is 0 Å². The topological polar surface area (TPSA) is 82.7 Å². The Balaban J connectivity index is 1.07. The average molecular weight is 449 g/mol. The van der Waals surface area contributed by atoms with Crippen LogP contribution in [0, 0.1) is 17.8 Å². The van der Waals surface area contributed by atoms with Gasteiger partial charge in [0.25, 0.3) is 0 Å². The Morgan fingerprint density at radius 1 is 1.06 bits per heavy atom. The van der Waals surface area contributed by atoms with Gasteiger partial charge in [-0.2, -0.15) is 0 Å². The molecule has 0 bridgehead atoms. The fourth-order valence-corrected chi connectivity index (χ4v) is 6.43. The monoisotopic (exact) mass is 448 g/mol. The van der Waals surface area contributed by atoms with Gasteiger partial charge in [0, 0.05) is 32.8 Å². The summed E-state index contributed by atoms with van der Waals surface area (Å²) in [7, 11) is 1.75. The van der Waals surface area contributed by atoms with Crippen molar-refractivity contribution in [2.75, 3.05) is 39.8 Å². The van der Waals surface area contributed by atoms with Crippen LogP contribution in [0.2, 0.25) is 0 Å². The molecule has 3 N–H and O–H groups in total. The van der Waals surface area contributed by atoms with E-state index in [9.17, 15) is 9.59 Å². The number of fused-ring (bicyclic) bond motifs is 1. The number of hydrogen-bond donors (Lipinski definition) is 3. The van der Waals surface area contributed by atoms with E-state index in [1.54, 1.807) is 7.11 Å². The van der Waals surface area contributed by atoms with Gasteiger partial charge in [0.2, 0.25) is 11.8 Å². The van der Waals surface area contributed by atoms with E-state index in [0.717, 1.165) is 90.5 Å². The molecule has 1 saturated carbocycles. The largest absolute Gasteiger partial charge is 0.381 e. The van der Waals surface area contributed by atoms with Crippen LogP contribution in [-0.2, 0) is 14.3 Å². The Kier molecular flexibility index (Phi) is 8.83. The van der Waals surface area contributed by atoms with Crippen LogP contribution in [0.15, 0.2) is 0 Å². The highest BCUT2D eigenvalue weighted by Crippen LogP contribution is 2.30. The molecule has 0 spiro atoms. The summed E-state index contributed by atoms with van der Waals surface area (Å²) in [6.07, 6.45) is 12.2. The van der Waals surface area contributed by atoms with E-state index in [4.69, 9.17) is 4.74 Å². The maximum Gasteiger partial charge on any atom is 0.237 e. The van der Waals surface area contributed by atoms with E-state index < -0.39 is 0 Å². The second-order valence-electron chi connectivity index (χ2n) is 10.5. The normalized spacial score (nSPS) is 33.7. The first-order valence-corrected chi connectivity index (χ1v) is 13.2. The Morgan fingerprint density at radius 3 is 2.66 bits per heavy atom. The molecule has 7 nitrogen and oxygen atoms in total. The summed E-state index contributed by atoms with van der Waals surface area (Å²) in [4.78, 5) is 27.6. The lowest BCUT2D eigenvalue weighted by Crippen LogP contribution is -2.46. The third-order valence-electron chi connectivity index (χ3n) is 8.46. The second kappa shape index (κ2) is 11.8. The zero-order valence-corrected chi connectivity index (χ0v) is 19.9. The van der Waals surface area contributed by atoms with Gasteiger partial charge in [0.1, 0.15) is 0 Å². The molecule has 5 atom stereocenters. The van der Waals surface area contributed by atoms with Gasteiger partial charge >= 0.3 is 0 Å². The van der Waals surface area contributed by atoms with Gasteiger partial charge in [0.15, 0.2) is 0 Å². The Hall–Kier alpha value is -1.18. The van der Waals surface area contributed by atoms with E-state index >= 15 is 0 Å². The number of rotatable bonds is 8. The van der Waals surface area contributed by atoms with Gasteiger partial charge < -0.3 is 25.6 Å². The van der Waals surface area contributed by atoms with Crippen molar-refractivity contribution in [3.63, 3.8) is 0 Å². The average Bonchev–Trinajstić information content (AvgIpc) is 3.28. The van der Waals surface area contributed by atoms with Crippen molar-refractivity contribution in [2.45, 2.75) is 88.8 Å². The predicted octanol–water partition coefficient (Wildman–Crippen LogP) is 2.06. The number of carbonyl (C=O) groups excluding carboxylic acids is 2. The highest BCUT2D eigenvalue weighted by atomic mass is 16.5. The van der Waals surface area contributed by atoms with Gasteiger partial charge in [-0.3, -0.25) is 9.59 Å². The molecule has 4 rings (SSSR count). The molecule has 0 aromatic rings. The van der Waals surface area contributed by atoms with Crippen molar-refractivity contribution in [3.8, 4) is 0 Å². The van der Waals surface area contributed by atoms with E-state index in [-0.39, 0.29) is 24.0 Å². The second-order valence-corrected chi connectivity index (χ2v) is 10.5. The Bertz CT molecular complexity index is 608. The number of carbonyl (C=O) groups is 2. The van der Waals surface area contributed by atoms with Gasteiger partial charge in [0.05, 0.1) is 18.1 Å². The molecule has 4 aliphatic rings. The minimum absolute atomic E-state index is 0.00589. The third kappa shape index (κ3) is 6.03. The van der Waals surface area contributed by atoms with Gasteiger partial charge in [-0.1, -0.05) is 25.7 Å². The summed E-state index contributed by atoms with van der Waals surface area (Å²) < 4.78 is 5.60. The van der Waals surface area contributed by atoms with Crippen molar-refractivity contribution < 1.29 is 14.3 Å². The zero-order valence-electron chi connectivity index (χ0n) is 19.9. The SMILES string of the molecule is COC1CCCCC1C(=O)N1CCC(CCCCNC(=O)C2CC3CNCCC3N2)CC1. The van der Waals surface area contributed by atoms with Crippen molar-refractivity contribution in [3.05, 3.63) is 0 Å². The number of piperidine rings is 2. The lowest BCUT2D eigenvalue weighted by Gasteiger charge is -2.37. The third-order valence-corrected chi connectivity index (χ3v) is 8.46. The van der Waals surface area contributed by atoms with E-state index in [1.807, 2.05) is 0 Å². The molecule has 0 aromatic carbocycles. The fourth-order valence-electron chi connectivity index (χ4n) is 6.43. The summed E-state index contributed by atoms with van der Waals surface area (Å²) in [5.41, 5.74) is 0. The zero-order chi connectivity index (χ0) is 22.3. The number of methoxy groups -OCH3 is 1. The molecule has 3 aliphatic heterocycles. The van der Waals surface area contributed by atoms with Crippen LogP contribution < -0.4 is 16.0 Å². The minimum Gasteiger partial charge on any atom is -0.381 e. The summed E-state index contributed by atoms with van der Waals surface area (Å²) in [5.74, 6) is 1.91. The summed E-state index contributed by atoms with van der Waals surface area (Å²) in [6, 6.07) is 0.511. The van der Waals surface area contributed by atoms with Crippen molar-refractivity contribution in [1.82, 2.24) is 20.9 Å². The van der Waals surface area contributed by atoms with Gasteiger partial charge in [-0.05, 0) is 69.9 Å². The summed E-state index contributed by atoms with van der Waals surface area (Å²) >= 11 is 0. The van der Waals surface area contributed by atoms with E-state index in [0.29, 0.717) is 23.8 Å². The molecule has 1 aliphatic carbocycles. The first kappa shape index (κ1) is 24.0. The summed E-state index contributed by atoms with van der Waals surface area (Å²) in [6.45, 7) is 4.68. The molecule has 3 saturated heterocycles. The van der Waals surface area contributed by atoms with Crippen LogP contribution in [-0.4, -0.2) is 74.7 Å². The molecule has 7 heteroatoms. The minimum atomic E-state index is -0.00589. The smallest absolute Gasteiger partial charge is 0.237 e. The number of nitrogens with zero attached hydrogens (tertiary/aromatic N) is 1. The van der Waals surface area contributed by atoms with Crippen LogP contribution in [0.25, 0.3) is 0 Å². The molecule has 0 aromatic heterocycles. The van der Waals surface area contributed by atoms with Gasteiger partial charge in [-0.15, -0.1) is 0 Å². The summed E-state index contributed by atoms with van der Waals surface area (Å²) in [5, 5.41) is 10.1. The molecule has 2 amide bonds. The first-order chi connectivity index (χ1) is 15.7. The maximum absolute atomic E-state index is 13.0. The van der Waals surface area contributed by atoms with Crippen LogP contribution in [0.3, 0.4) is 0 Å². The number of unbranched alkanes of at least 4 members (excludes halogenated alkanes) is 1. The highest BCUT2D eigenvalue weighted by Gasteiger charge is 2.38. The Labute approximate surface area is 193 Å². The number of nitrogens with one attached hydrogen (secondary N) is 3. The van der Waals surface area contributed by atoms with Crippen LogP contribution in [0.5, 0.6) is 0 Å². The van der Waals surface area contributed by atoms with Crippen LogP contribution in [0.1, 0.15) is 70.6 Å². The first-order valence-electron chi connectivity index (χ1n) is 13.2. The van der Waals surface area contributed by atoms with Crippen molar-refractivity contribution in [1.29, 1.82) is 0 Å². The van der Waals surface area contributed by atoms with Crippen molar-refractivity contribution >= 4 is 11.8 Å². The van der Waals surface area contributed by atoms with Crippen molar-refractivity contribution in [2.24, 2.45) is 17.8 Å². The molecule has 3 heterocycles. The number of hydrogen-bond acceptors (Lipinski definition) is 5. The Morgan fingerprint density at radius 2 is 1.88 bits per heavy atom. The highest BCUT2D eigenvalue weighted by molar-refractivity contribution is 5.82. The van der Waals surface area contributed by atoms with E-state index in [2.05, 4.69) is 20.9 Å². The molecule has 32 heavy (non-hydrogen) atoms. The fraction of sp³-hybridized carbons (Fsp3) is 0.920. The molecule has 182 valence electrons. The quantitative estimate of drug-likeness (QED) is 0.495.